The molecule has 3 nitrogen and oxygen atoms in total. The topological polar surface area (TPSA) is 38.9 Å². The summed E-state index contributed by atoms with van der Waals surface area (Å²) in [7, 11) is 0. The lowest BCUT2D eigenvalue weighted by molar-refractivity contribution is 0.670. The molecule has 0 saturated carbocycles. The number of hydrogen-bond donors (Lipinski definition) is 0. The first-order valence-corrected chi connectivity index (χ1v) is 16.6. The van der Waals surface area contributed by atoms with Gasteiger partial charge in [0.1, 0.15) is 11.2 Å². The van der Waals surface area contributed by atoms with E-state index in [2.05, 4.69) is 121 Å². The van der Waals surface area contributed by atoms with Crippen molar-refractivity contribution in [2.75, 3.05) is 0 Å². The van der Waals surface area contributed by atoms with Crippen LogP contribution in [0.5, 0.6) is 0 Å². The van der Waals surface area contributed by atoms with E-state index in [0.717, 1.165) is 61.1 Å². The van der Waals surface area contributed by atoms with E-state index in [4.69, 9.17) is 14.4 Å². The molecule has 2 aromatic heterocycles. The van der Waals surface area contributed by atoms with Gasteiger partial charge in [0.2, 0.25) is 0 Å². The molecule has 0 spiro atoms. The minimum Gasteiger partial charge on any atom is -0.455 e. The van der Waals surface area contributed by atoms with Crippen LogP contribution in [-0.4, -0.2) is 9.97 Å². The second-order valence-corrected chi connectivity index (χ2v) is 12.5. The van der Waals surface area contributed by atoms with E-state index in [0.29, 0.717) is 5.82 Å². The number of aromatic nitrogens is 2. The summed E-state index contributed by atoms with van der Waals surface area (Å²) in [6.45, 7) is 0. The van der Waals surface area contributed by atoms with Crippen LogP contribution >= 0.6 is 0 Å². The number of benzene rings is 8. The van der Waals surface area contributed by atoms with Crippen molar-refractivity contribution in [1.82, 2.24) is 9.97 Å². The van der Waals surface area contributed by atoms with Crippen LogP contribution in [0.3, 0.4) is 0 Å². The largest absolute Gasteiger partial charge is 0.455 e. The predicted octanol–water partition coefficient (Wildman–Crippen LogP) is 12.5. The SMILES string of the molecule is c1ccc(-c2cc(-c3ccccc3)nc(-c3ccc4c(oc5ccccc54)c3-c3ccc4c5ccccc5c5ccccc5c4c3)n2)cc1. The molecule has 0 saturated heterocycles. The van der Waals surface area contributed by atoms with Crippen molar-refractivity contribution >= 4 is 54.3 Å². The first kappa shape index (κ1) is 27.5. The minimum atomic E-state index is 0.654. The van der Waals surface area contributed by atoms with Gasteiger partial charge in [-0.1, -0.05) is 140 Å². The van der Waals surface area contributed by atoms with Gasteiger partial charge >= 0.3 is 0 Å². The molecule has 0 aliphatic rings. The number of para-hydroxylation sites is 1. The standard InChI is InChI=1S/C46H28N2O/c1-3-13-29(14-4-1)41-28-42(30-15-5-2-6-16-30)48-46(47-41)39-26-25-38-37-21-11-12-22-43(37)49-45(38)44(39)31-23-24-36-34-19-8-7-17-32(34)33-18-9-10-20-35(33)40(36)27-31/h1-28H. The van der Waals surface area contributed by atoms with E-state index in [1.165, 1.54) is 32.3 Å². The smallest absolute Gasteiger partial charge is 0.161 e. The molecule has 0 atom stereocenters. The lowest BCUT2D eigenvalue weighted by Crippen LogP contribution is -1.98. The van der Waals surface area contributed by atoms with Gasteiger partial charge in [0, 0.05) is 33.0 Å². The van der Waals surface area contributed by atoms with Crippen molar-refractivity contribution in [3.05, 3.63) is 170 Å². The van der Waals surface area contributed by atoms with Crippen LogP contribution < -0.4 is 0 Å². The molecule has 2 heterocycles. The Morgan fingerprint density at radius 2 is 0.837 bits per heavy atom. The van der Waals surface area contributed by atoms with Crippen LogP contribution in [0.2, 0.25) is 0 Å². The highest BCUT2D eigenvalue weighted by molar-refractivity contribution is 6.26. The fourth-order valence-electron chi connectivity index (χ4n) is 7.41. The molecule has 0 aliphatic carbocycles. The summed E-state index contributed by atoms with van der Waals surface area (Å²) in [6, 6.07) is 59.6. The molecule has 8 aromatic carbocycles. The van der Waals surface area contributed by atoms with Gasteiger partial charge in [-0.3, -0.25) is 0 Å². The highest BCUT2D eigenvalue weighted by atomic mass is 16.3. The van der Waals surface area contributed by atoms with Gasteiger partial charge in [0.05, 0.1) is 11.4 Å². The number of furan rings is 1. The molecule has 10 rings (SSSR count). The van der Waals surface area contributed by atoms with Crippen molar-refractivity contribution in [2.45, 2.75) is 0 Å². The third-order valence-corrected chi connectivity index (χ3v) is 9.69. The van der Waals surface area contributed by atoms with Crippen LogP contribution in [0.1, 0.15) is 0 Å². The predicted molar refractivity (Wildman–Crippen MR) is 204 cm³/mol. The molecular formula is C46H28N2O. The van der Waals surface area contributed by atoms with Crippen molar-refractivity contribution in [2.24, 2.45) is 0 Å². The minimum absolute atomic E-state index is 0.654. The van der Waals surface area contributed by atoms with Crippen LogP contribution in [0.25, 0.3) is 99.3 Å². The number of rotatable bonds is 4. The van der Waals surface area contributed by atoms with Gasteiger partial charge in [0.25, 0.3) is 0 Å². The third kappa shape index (κ3) is 4.44. The van der Waals surface area contributed by atoms with Gasteiger partial charge in [-0.05, 0) is 68.2 Å². The molecule has 0 fully saturated rings. The Morgan fingerprint density at radius 1 is 0.347 bits per heavy atom. The molecule has 49 heavy (non-hydrogen) atoms. The highest BCUT2D eigenvalue weighted by Gasteiger charge is 2.21. The summed E-state index contributed by atoms with van der Waals surface area (Å²) < 4.78 is 6.74. The number of nitrogens with zero attached hydrogens (tertiary/aromatic N) is 2. The highest BCUT2D eigenvalue weighted by Crippen LogP contribution is 2.44. The van der Waals surface area contributed by atoms with E-state index in [1.807, 2.05) is 48.5 Å². The summed E-state index contributed by atoms with van der Waals surface area (Å²) in [5, 5.41) is 9.57. The Morgan fingerprint density at radius 3 is 1.45 bits per heavy atom. The van der Waals surface area contributed by atoms with Gasteiger partial charge in [-0.2, -0.15) is 0 Å². The van der Waals surface area contributed by atoms with Crippen LogP contribution in [0.15, 0.2) is 174 Å². The molecule has 0 aliphatic heterocycles. The average molecular weight is 625 g/mol. The lowest BCUT2D eigenvalue weighted by atomic mass is 9.90. The summed E-state index contributed by atoms with van der Waals surface area (Å²) in [4.78, 5) is 10.5. The maximum Gasteiger partial charge on any atom is 0.161 e. The average Bonchev–Trinajstić information content (AvgIpc) is 3.57. The Bertz CT molecular complexity index is 2780. The molecule has 0 unspecified atom stereocenters. The molecule has 0 radical (unpaired) electrons. The molecule has 0 bridgehead atoms. The molecule has 0 N–H and O–H groups in total. The third-order valence-electron chi connectivity index (χ3n) is 9.69. The first-order valence-electron chi connectivity index (χ1n) is 16.6. The normalized spacial score (nSPS) is 11.7. The van der Waals surface area contributed by atoms with E-state index < -0.39 is 0 Å². The van der Waals surface area contributed by atoms with Crippen molar-refractivity contribution in [1.29, 1.82) is 0 Å². The second kappa shape index (κ2) is 11.0. The van der Waals surface area contributed by atoms with Gasteiger partial charge < -0.3 is 4.42 Å². The molecule has 3 heteroatoms. The molecule has 10 aromatic rings. The van der Waals surface area contributed by atoms with E-state index in [-0.39, 0.29) is 0 Å². The number of fused-ring (bicyclic) bond motifs is 9. The zero-order chi connectivity index (χ0) is 32.3. The fraction of sp³-hybridized carbons (Fsp3) is 0. The van der Waals surface area contributed by atoms with Crippen molar-refractivity contribution in [3.8, 4) is 45.0 Å². The Balaban J connectivity index is 1.31. The second-order valence-electron chi connectivity index (χ2n) is 12.5. The summed E-state index contributed by atoms with van der Waals surface area (Å²) in [5.41, 5.74) is 8.48. The first-order chi connectivity index (χ1) is 24.3. The van der Waals surface area contributed by atoms with E-state index in [9.17, 15) is 0 Å². The summed E-state index contributed by atoms with van der Waals surface area (Å²) in [6.07, 6.45) is 0. The van der Waals surface area contributed by atoms with Crippen molar-refractivity contribution in [3.63, 3.8) is 0 Å². The zero-order valence-electron chi connectivity index (χ0n) is 26.5. The van der Waals surface area contributed by atoms with Gasteiger partial charge in [0.15, 0.2) is 5.82 Å². The van der Waals surface area contributed by atoms with E-state index >= 15 is 0 Å². The number of hydrogen-bond acceptors (Lipinski definition) is 3. The summed E-state index contributed by atoms with van der Waals surface area (Å²) in [5.74, 6) is 0.654. The maximum atomic E-state index is 6.74. The van der Waals surface area contributed by atoms with Crippen LogP contribution in [-0.2, 0) is 0 Å². The Kier molecular flexibility index (Phi) is 6.18. The van der Waals surface area contributed by atoms with Gasteiger partial charge in [-0.25, -0.2) is 9.97 Å². The molecule has 228 valence electrons. The molecule has 0 amide bonds. The van der Waals surface area contributed by atoms with Gasteiger partial charge in [-0.15, -0.1) is 0 Å². The van der Waals surface area contributed by atoms with Crippen LogP contribution in [0.4, 0.5) is 0 Å². The summed E-state index contributed by atoms with van der Waals surface area (Å²) >= 11 is 0. The Hall–Kier alpha value is -6.58. The van der Waals surface area contributed by atoms with Crippen molar-refractivity contribution < 1.29 is 4.42 Å². The van der Waals surface area contributed by atoms with E-state index in [1.54, 1.807) is 0 Å². The maximum absolute atomic E-state index is 6.74. The zero-order valence-corrected chi connectivity index (χ0v) is 26.5. The fourth-order valence-corrected chi connectivity index (χ4v) is 7.41. The molecular weight excluding hydrogens is 597 g/mol. The quantitative estimate of drug-likeness (QED) is 0.183. The Labute approximate surface area is 282 Å². The monoisotopic (exact) mass is 624 g/mol. The lowest BCUT2D eigenvalue weighted by Gasteiger charge is -2.15. The van der Waals surface area contributed by atoms with Crippen LogP contribution in [0, 0.1) is 0 Å².